The molecular formula is C19H21N3O5. The molecular weight excluding hydrogens is 350 g/mol. The first-order valence-electron chi connectivity index (χ1n) is 8.09. The van der Waals surface area contributed by atoms with E-state index in [-0.39, 0.29) is 25.0 Å². The quantitative estimate of drug-likeness (QED) is 0.726. The molecule has 8 nitrogen and oxygen atoms in total. The average Bonchev–Trinajstić information content (AvgIpc) is 2.66. The van der Waals surface area contributed by atoms with Crippen molar-refractivity contribution in [2.24, 2.45) is 5.73 Å². The molecule has 0 aliphatic carbocycles. The third-order valence-electron chi connectivity index (χ3n) is 3.66. The molecule has 0 unspecified atom stereocenters. The molecule has 0 heterocycles. The zero-order chi connectivity index (χ0) is 19.8. The molecule has 2 aromatic carbocycles. The number of hydrogen-bond donors (Lipinski definition) is 2. The van der Waals surface area contributed by atoms with Crippen LogP contribution in [0.4, 0.5) is 5.69 Å². The van der Waals surface area contributed by atoms with Crippen LogP contribution in [0, 0.1) is 0 Å². The van der Waals surface area contributed by atoms with Gasteiger partial charge >= 0.3 is 0 Å². The maximum absolute atomic E-state index is 12.1. The summed E-state index contributed by atoms with van der Waals surface area (Å²) in [6.07, 6.45) is 0. The zero-order valence-electron chi connectivity index (χ0n) is 15.1. The molecule has 0 bridgehead atoms. The number of methoxy groups -OCH3 is 1. The van der Waals surface area contributed by atoms with E-state index >= 15 is 0 Å². The Morgan fingerprint density at radius 3 is 2.41 bits per heavy atom. The van der Waals surface area contributed by atoms with E-state index in [0.29, 0.717) is 22.7 Å². The van der Waals surface area contributed by atoms with Crippen molar-refractivity contribution in [1.82, 2.24) is 4.90 Å². The van der Waals surface area contributed by atoms with Crippen LogP contribution < -0.4 is 20.5 Å². The van der Waals surface area contributed by atoms with Crippen LogP contribution in [0.1, 0.15) is 10.4 Å². The van der Waals surface area contributed by atoms with Crippen LogP contribution in [0.2, 0.25) is 0 Å². The second kappa shape index (κ2) is 9.23. The number of carbonyl (C=O) groups is 3. The van der Waals surface area contributed by atoms with E-state index in [2.05, 4.69) is 5.32 Å². The first-order chi connectivity index (χ1) is 12.9. The molecule has 0 spiro atoms. The third-order valence-corrected chi connectivity index (χ3v) is 3.66. The highest BCUT2D eigenvalue weighted by Crippen LogP contribution is 2.16. The van der Waals surface area contributed by atoms with Gasteiger partial charge in [-0.25, -0.2) is 0 Å². The fraction of sp³-hybridized carbons (Fsp3) is 0.211. The summed E-state index contributed by atoms with van der Waals surface area (Å²) in [5.41, 5.74) is 6.08. The van der Waals surface area contributed by atoms with E-state index in [4.69, 9.17) is 15.2 Å². The highest BCUT2D eigenvalue weighted by atomic mass is 16.5. The highest BCUT2D eigenvalue weighted by molar-refractivity contribution is 5.95. The number of benzene rings is 2. The molecule has 142 valence electrons. The van der Waals surface area contributed by atoms with Crippen molar-refractivity contribution in [1.29, 1.82) is 0 Å². The van der Waals surface area contributed by atoms with Gasteiger partial charge in [-0.1, -0.05) is 6.07 Å². The second-order valence-corrected chi connectivity index (χ2v) is 5.71. The van der Waals surface area contributed by atoms with Gasteiger partial charge in [-0.05, 0) is 36.4 Å². The Morgan fingerprint density at radius 1 is 1.07 bits per heavy atom. The van der Waals surface area contributed by atoms with Crippen LogP contribution in [-0.2, 0) is 9.59 Å². The fourth-order valence-corrected chi connectivity index (χ4v) is 2.18. The Morgan fingerprint density at radius 2 is 1.78 bits per heavy atom. The number of nitrogens with one attached hydrogen (secondary N) is 1. The summed E-state index contributed by atoms with van der Waals surface area (Å²) in [4.78, 5) is 36.4. The first-order valence-corrected chi connectivity index (χ1v) is 8.09. The Labute approximate surface area is 156 Å². The monoisotopic (exact) mass is 371 g/mol. The number of anilines is 1. The van der Waals surface area contributed by atoms with Gasteiger partial charge in [0.1, 0.15) is 11.5 Å². The molecule has 0 aliphatic heterocycles. The molecule has 2 rings (SSSR count). The smallest absolute Gasteiger partial charge is 0.260 e. The number of rotatable bonds is 8. The topological polar surface area (TPSA) is 111 Å². The zero-order valence-corrected chi connectivity index (χ0v) is 15.1. The summed E-state index contributed by atoms with van der Waals surface area (Å²) in [6.45, 7) is -0.362. The summed E-state index contributed by atoms with van der Waals surface area (Å²) in [7, 11) is 3.04. The Bertz CT molecular complexity index is 820. The minimum atomic E-state index is -0.542. The van der Waals surface area contributed by atoms with E-state index in [1.54, 1.807) is 36.4 Å². The van der Waals surface area contributed by atoms with Crippen LogP contribution in [-0.4, -0.2) is 49.9 Å². The van der Waals surface area contributed by atoms with Gasteiger partial charge in [0, 0.05) is 24.4 Å². The van der Waals surface area contributed by atoms with Crippen molar-refractivity contribution in [3.63, 3.8) is 0 Å². The number of likely N-dealkylation sites (N-methyl/N-ethyl adjacent to an activating group) is 1. The lowest BCUT2D eigenvalue weighted by Crippen LogP contribution is -2.37. The summed E-state index contributed by atoms with van der Waals surface area (Å²) >= 11 is 0. The number of carbonyl (C=O) groups excluding carboxylic acids is 3. The number of nitrogens with two attached hydrogens (primary N) is 1. The summed E-state index contributed by atoms with van der Waals surface area (Å²) in [5.74, 6) is -0.213. The third kappa shape index (κ3) is 6.03. The van der Waals surface area contributed by atoms with Crippen molar-refractivity contribution < 1.29 is 23.9 Å². The van der Waals surface area contributed by atoms with Gasteiger partial charge in [0.25, 0.3) is 5.91 Å². The molecule has 0 saturated carbocycles. The van der Waals surface area contributed by atoms with E-state index in [9.17, 15) is 14.4 Å². The molecule has 27 heavy (non-hydrogen) atoms. The van der Waals surface area contributed by atoms with E-state index in [1.165, 1.54) is 31.2 Å². The van der Waals surface area contributed by atoms with E-state index in [0.717, 1.165) is 0 Å². The number of ether oxygens (including phenoxy) is 2. The summed E-state index contributed by atoms with van der Waals surface area (Å²) in [5, 5.41) is 2.70. The van der Waals surface area contributed by atoms with Crippen LogP contribution in [0.5, 0.6) is 11.5 Å². The maximum atomic E-state index is 12.1. The summed E-state index contributed by atoms with van der Waals surface area (Å²) in [6, 6.07) is 13.0. The highest BCUT2D eigenvalue weighted by Gasteiger charge is 2.14. The molecule has 0 aromatic heterocycles. The lowest BCUT2D eigenvalue weighted by atomic mass is 10.2. The molecule has 3 N–H and O–H groups in total. The molecule has 3 amide bonds. The van der Waals surface area contributed by atoms with Crippen molar-refractivity contribution in [2.45, 2.75) is 0 Å². The van der Waals surface area contributed by atoms with E-state index < -0.39 is 5.91 Å². The maximum Gasteiger partial charge on any atom is 0.260 e. The first kappa shape index (κ1) is 19.8. The molecule has 2 aromatic rings. The Hall–Kier alpha value is -3.55. The molecule has 0 atom stereocenters. The number of nitrogens with zero attached hydrogens (tertiary/aromatic N) is 1. The van der Waals surface area contributed by atoms with Gasteiger partial charge < -0.3 is 25.4 Å². The normalized spacial score (nSPS) is 10.0. The van der Waals surface area contributed by atoms with Crippen LogP contribution in [0.25, 0.3) is 0 Å². The fourth-order valence-electron chi connectivity index (χ4n) is 2.18. The van der Waals surface area contributed by atoms with Gasteiger partial charge in [0.15, 0.2) is 6.61 Å². The van der Waals surface area contributed by atoms with Crippen molar-refractivity contribution in [2.75, 3.05) is 32.6 Å². The Balaban J connectivity index is 1.81. The minimum Gasteiger partial charge on any atom is -0.497 e. The van der Waals surface area contributed by atoms with Gasteiger partial charge in [-0.3, -0.25) is 14.4 Å². The van der Waals surface area contributed by atoms with Gasteiger partial charge in [0.05, 0.1) is 13.7 Å². The number of hydrogen-bond acceptors (Lipinski definition) is 5. The predicted molar refractivity (Wildman–Crippen MR) is 99.7 cm³/mol. The van der Waals surface area contributed by atoms with Crippen molar-refractivity contribution in [3.8, 4) is 11.5 Å². The largest absolute Gasteiger partial charge is 0.497 e. The van der Waals surface area contributed by atoms with Crippen LogP contribution in [0.3, 0.4) is 0 Å². The van der Waals surface area contributed by atoms with Gasteiger partial charge in [0.2, 0.25) is 11.8 Å². The Kier molecular flexibility index (Phi) is 6.76. The van der Waals surface area contributed by atoms with Crippen molar-refractivity contribution in [3.05, 3.63) is 54.1 Å². The lowest BCUT2D eigenvalue weighted by molar-refractivity contribution is -0.135. The molecule has 8 heteroatoms. The second-order valence-electron chi connectivity index (χ2n) is 5.71. The SMILES string of the molecule is COc1cccc(NC(=O)CN(C)C(=O)COc2ccc(C(N)=O)cc2)c1. The molecule has 0 saturated heterocycles. The van der Waals surface area contributed by atoms with E-state index in [1.807, 2.05) is 0 Å². The van der Waals surface area contributed by atoms with Crippen LogP contribution in [0.15, 0.2) is 48.5 Å². The standard InChI is InChI=1S/C19H21N3O5/c1-22(11-17(23)21-14-4-3-5-16(10-14)26-2)18(24)12-27-15-8-6-13(7-9-15)19(20)25/h3-10H,11-12H2,1-2H3,(H2,20,25)(H,21,23). The van der Waals surface area contributed by atoms with Crippen LogP contribution >= 0.6 is 0 Å². The molecule has 0 radical (unpaired) electrons. The van der Waals surface area contributed by atoms with Crippen molar-refractivity contribution >= 4 is 23.4 Å². The molecule has 0 aliphatic rings. The lowest BCUT2D eigenvalue weighted by Gasteiger charge is -2.17. The summed E-state index contributed by atoms with van der Waals surface area (Å²) < 4.78 is 10.5. The number of primary amides is 1. The minimum absolute atomic E-state index is 0.125. The van der Waals surface area contributed by atoms with Gasteiger partial charge in [-0.2, -0.15) is 0 Å². The molecule has 0 fully saturated rings. The van der Waals surface area contributed by atoms with Gasteiger partial charge in [-0.15, -0.1) is 0 Å². The predicted octanol–water partition coefficient (Wildman–Crippen LogP) is 1.27. The average molecular weight is 371 g/mol. The number of amides is 3.